The number of carbonyl (C=O) groups excluding carboxylic acids is 2. The Labute approximate surface area is 176 Å². The van der Waals surface area contributed by atoms with Crippen LogP contribution in [0.15, 0.2) is 30.5 Å². The van der Waals surface area contributed by atoms with E-state index in [4.69, 9.17) is 11.5 Å². The lowest BCUT2D eigenvalue weighted by Gasteiger charge is -2.34. The number of nitrogen functional groups attached to an aromatic ring is 1. The maximum absolute atomic E-state index is 12.9. The molecule has 2 aromatic rings. The maximum Gasteiger partial charge on any atom is 0.248 e. The highest BCUT2D eigenvalue weighted by atomic mass is 16.2. The van der Waals surface area contributed by atoms with Gasteiger partial charge in [-0.2, -0.15) is 0 Å². The first-order valence-corrected chi connectivity index (χ1v) is 10.8. The first-order chi connectivity index (χ1) is 14.5. The molecule has 0 unspecified atom stereocenters. The van der Waals surface area contributed by atoms with Crippen molar-refractivity contribution in [3.8, 4) is 11.1 Å². The van der Waals surface area contributed by atoms with Crippen LogP contribution in [-0.2, 0) is 4.79 Å². The van der Waals surface area contributed by atoms with E-state index in [2.05, 4.69) is 9.97 Å². The predicted octanol–water partition coefficient (Wildman–Crippen LogP) is 3.11. The monoisotopic (exact) mass is 407 g/mol. The van der Waals surface area contributed by atoms with Gasteiger partial charge in [0.15, 0.2) is 0 Å². The van der Waals surface area contributed by atoms with Gasteiger partial charge < -0.3 is 16.4 Å². The van der Waals surface area contributed by atoms with Gasteiger partial charge in [-0.3, -0.25) is 9.59 Å². The van der Waals surface area contributed by atoms with Crippen LogP contribution in [0.3, 0.4) is 0 Å². The molecule has 4 N–H and O–H groups in total. The van der Waals surface area contributed by atoms with Gasteiger partial charge >= 0.3 is 0 Å². The second kappa shape index (κ2) is 8.81. The summed E-state index contributed by atoms with van der Waals surface area (Å²) in [5, 5.41) is 0. The summed E-state index contributed by atoms with van der Waals surface area (Å²) in [6.45, 7) is 1.47. The highest BCUT2D eigenvalue weighted by molar-refractivity contribution is 5.93. The summed E-state index contributed by atoms with van der Waals surface area (Å²) in [5.74, 6) is 0.700. The van der Waals surface area contributed by atoms with Crippen molar-refractivity contribution >= 4 is 17.8 Å². The van der Waals surface area contributed by atoms with Gasteiger partial charge in [0.2, 0.25) is 17.8 Å². The third kappa shape index (κ3) is 4.45. The van der Waals surface area contributed by atoms with Gasteiger partial charge in [0.1, 0.15) is 0 Å². The highest BCUT2D eigenvalue weighted by Gasteiger charge is 2.29. The van der Waals surface area contributed by atoms with Crippen molar-refractivity contribution in [1.29, 1.82) is 0 Å². The first-order valence-electron chi connectivity index (χ1n) is 10.8. The van der Waals surface area contributed by atoms with Gasteiger partial charge in [-0.05, 0) is 49.3 Å². The van der Waals surface area contributed by atoms with Crippen LogP contribution in [0.2, 0.25) is 0 Å². The van der Waals surface area contributed by atoms with E-state index in [-0.39, 0.29) is 17.8 Å². The van der Waals surface area contributed by atoms with Crippen LogP contribution in [0.5, 0.6) is 0 Å². The summed E-state index contributed by atoms with van der Waals surface area (Å²) in [7, 11) is 0. The van der Waals surface area contributed by atoms with Crippen molar-refractivity contribution in [3.05, 3.63) is 41.7 Å². The van der Waals surface area contributed by atoms with E-state index in [1.807, 2.05) is 17.0 Å². The fourth-order valence-corrected chi connectivity index (χ4v) is 4.77. The molecule has 0 radical (unpaired) electrons. The summed E-state index contributed by atoms with van der Waals surface area (Å²) in [6, 6.07) is 7.11. The van der Waals surface area contributed by atoms with Crippen molar-refractivity contribution < 1.29 is 9.59 Å². The molecule has 2 fully saturated rings. The van der Waals surface area contributed by atoms with Crippen LogP contribution >= 0.6 is 0 Å². The Kier molecular flexibility index (Phi) is 5.97. The Morgan fingerprint density at radius 2 is 1.80 bits per heavy atom. The molecule has 2 aliphatic rings. The number of anilines is 1. The summed E-state index contributed by atoms with van der Waals surface area (Å²) in [6.07, 6.45) is 9.16. The van der Waals surface area contributed by atoms with Crippen LogP contribution in [0.4, 0.5) is 5.95 Å². The molecule has 1 saturated carbocycles. The minimum atomic E-state index is -0.459. The number of rotatable bonds is 5. The normalized spacial score (nSPS) is 19.7. The van der Waals surface area contributed by atoms with E-state index >= 15 is 0 Å². The van der Waals surface area contributed by atoms with Crippen molar-refractivity contribution in [2.75, 3.05) is 18.8 Å². The molecule has 1 aliphatic heterocycles. The van der Waals surface area contributed by atoms with Gasteiger partial charge in [-0.1, -0.05) is 25.0 Å². The van der Waals surface area contributed by atoms with E-state index in [0.29, 0.717) is 24.4 Å². The topological polar surface area (TPSA) is 115 Å². The Hall–Kier alpha value is -2.96. The van der Waals surface area contributed by atoms with Gasteiger partial charge in [0.25, 0.3) is 0 Å². The quantitative estimate of drug-likeness (QED) is 0.790. The standard InChI is InChI=1S/C23H29N5O2/c24-22(30)17-9-7-16(8-10-17)19-13-26-23(25)27-21(19)18-6-3-11-28(14-18)20(29)12-15-4-1-2-5-15/h7-10,13,15,18H,1-6,11-12,14H2,(H2,24,30)(H2,25,26,27)/t18-/m0/s1. The number of amides is 2. The maximum atomic E-state index is 12.9. The predicted molar refractivity (Wildman–Crippen MR) is 116 cm³/mol. The minimum absolute atomic E-state index is 0.113. The molecule has 1 aromatic carbocycles. The molecule has 1 atom stereocenters. The van der Waals surface area contributed by atoms with E-state index in [1.165, 1.54) is 25.7 Å². The Morgan fingerprint density at radius 3 is 2.50 bits per heavy atom. The summed E-state index contributed by atoms with van der Waals surface area (Å²) in [5.41, 5.74) is 14.4. The minimum Gasteiger partial charge on any atom is -0.368 e. The number of benzene rings is 1. The number of hydrogen-bond acceptors (Lipinski definition) is 5. The molecule has 7 heteroatoms. The Balaban J connectivity index is 1.55. The van der Waals surface area contributed by atoms with Crippen LogP contribution in [0, 0.1) is 5.92 Å². The zero-order valence-corrected chi connectivity index (χ0v) is 17.2. The molecule has 1 aromatic heterocycles. The number of aromatic nitrogens is 2. The fourth-order valence-electron chi connectivity index (χ4n) is 4.77. The van der Waals surface area contributed by atoms with E-state index < -0.39 is 5.91 Å². The van der Waals surface area contributed by atoms with Crippen LogP contribution in [0.25, 0.3) is 11.1 Å². The SMILES string of the molecule is NC(=O)c1ccc(-c2cnc(N)nc2[C@H]2CCCN(C(=O)CC3CCCC3)C2)cc1. The number of likely N-dealkylation sites (tertiary alicyclic amines) is 1. The summed E-state index contributed by atoms with van der Waals surface area (Å²) in [4.78, 5) is 35.0. The smallest absolute Gasteiger partial charge is 0.248 e. The van der Waals surface area contributed by atoms with Gasteiger partial charge in [0.05, 0.1) is 5.69 Å². The number of hydrogen-bond donors (Lipinski definition) is 2. The molecule has 158 valence electrons. The van der Waals surface area contributed by atoms with Gasteiger partial charge in [-0.25, -0.2) is 9.97 Å². The lowest BCUT2D eigenvalue weighted by Crippen LogP contribution is -2.40. The number of nitrogens with two attached hydrogens (primary N) is 2. The Morgan fingerprint density at radius 1 is 1.07 bits per heavy atom. The largest absolute Gasteiger partial charge is 0.368 e. The Bertz CT molecular complexity index is 922. The third-order valence-corrected chi connectivity index (χ3v) is 6.42. The lowest BCUT2D eigenvalue weighted by atomic mass is 9.89. The molecule has 2 amide bonds. The number of piperidine rings is 1. The lowest BCUT2D eigenvalue weighted by molar-refractivity contribution is -0.133. The van der Waals surface area contributed by atoms with E-state index in [0.717, 1.165) is 36.2 Å². The number of primary amides is 1. The number of nitrogens with zero attached hydrogens (tertiary/aromatic N) is 3. The van der Waals surface area contributed by atoms with Crippen molar-refractivity contribution in [3.63, 3.8) is 0 Å². The molecule has 2 heterocycles. The molecular weight excluding hydrogens is 378 g/mol. The first kappa shape index (κ1) is 20.3. The zero-order chi connectivity index (χ0) is 21.1. The van der Waals surface area contributed by atoms with E-state index in [9.17, 15) is 9.59 Å². The van der Waals surface area contributed by atoms with Crippen LogP contribution in [-0.4, -0.2) is 39.8 Å². The third-order valence-electron chi connectivity index (χ3n) is 6.42. The molecule has 1 aliphatic carbocycles. The molecule has 4 rings (SSSR count). The number of carbonyl (C=O) groups is 2. The average Bonchev–Trinajstić information content (AvgIpc) is 3.27. The van der Waals surface area contributed by atoms with Crippen molar-refractivity contribution in [2.24, 2.45) is 11.7 Å². The zero-order valence-electron chi connectivity index (χ0n) is 17.2. The molecule has 0 bridgehead atoms. The average molecular weight is 408 g/mol. The van der Waals surface area contributed by atoms with Gasteiger partial charge in [-0.15, -0.1) is 0 Å². The molecule has 1 saturated heterocycles. The summed E-state index contributed by atoms with van der Waals surface area (Å²) < 4.78 is 0. The second-order valence-electron chi connectivity index (χ2n) is 8.50. The molecule has 0 spiro atoms. The summed E-state index contributed by atoms with van der Waals surface area (Å²) >= 11 is 0. The van der Waals surface area contributed by atoms with Crippen molar-refractivity contribution in [1.82, 2.24) is 14.9 Å². The molecule has 30 heavy (non-hydrogen) atoms. The van der Waals surface area contributed by atoms with Crippen molar-refractivity contribution in [2.45, 2.75) is 50.9 Å². The molecular formula is C23H29N5O2. The van der Waals surface area contributed by atoms with E-state index in [1.54, 1.807) is 18.3 Å². The van der Waals surface area contributed by atoms with Crippen LogP contribution in [0.1, 0.15) is 66.9 Å². The van der Waals surface area contributed by atoms with Gasteiger partial charge in [0, 0.05) is 42.8 Å². The fraction of sp³-hybridized carbons (Fsp3) is 0.478. The molecule has 7 nitrogen and oxygen atoms in total. The van der Waals surface area contributed by atoms with Crippen LogP contribution < -0.4 is 11.5 Å². The second-order valence-corrected chi connectivity index (χ2v) is 8.50. The highest BCUT2D eigenvalue weighted by Crippen LogP contribution is 2.34.